The van der Waals surface area contributed by atoms with E-state index in [1.165, 1.54) is 12.8 Å². The summed E-state index contributed by atoms with van der Waals surface area (Å²) in [6, 6.07) is 19.4. The van der Waals surface area contributed by atoms with Gasteiger partial charge < -0.3 is 9.73 Å². The fraction of sp³-hybridized carbons (Fsp3) is 0.348. The van der Waals surface area contributed by atoms with E-state index in [9.17, 15) is 4.79 Å². The molecule has 0 radical (unpaired) electrons. The summed E-state index contributed by atoms with van der Waals surface area (Å²) in [7, 11) is 0. The Bertz CT molecular complexity index is 931. The highest BCUT2D eigenvalue weighted by molar-refractivity contribution is 6.07. The van der Waals surface area contributed by atoms with Crippen molar-refractivity contribution in [3.8, 4) is 0 Å². The topological polar surface area (TPSA) is 45.5 Å². The zero-order valence-corrected chi connectivity index (χ0v) is 15.3. The van der Waals surface area contributed by atoms with Crippen molar-refractivity contribution in [2.45, 2.75) is 50.4 Å². The van der Waals surface area contributed by atoms with Gasteiger partial charge >= 0.3 is 0 Å². The monoisotopic (exact) mass is 360 g/mol. The molecule has 1 unspecified atom stereocenters. The first-order valence-corrected chi connectivity index (χ1v) is 9.85. The number of rotatable bonds is 4. The first-order valence-electron chi connectivity index (χ1n) is 9.85. The summed E-state index contributed by atoms with van der Waals surface area (Å²) in [5.41, 5.74) is 0.776. The Balaban J connectivity index is 1.29. The maximum absolute atomic E-state index is 13.0. The van der Waals surface area contributed by atoms with Crippen molar-refractivity contribution in [2.75, 3.05) is 0 Å². The molecule has 2 fully saturated rings. The van der Waals surface area contributed by atoms with Crippen LogP contribution in [-0.4, -0.2) is 28.9 Å². The Morgan fingerprint density at radius 2 is 1.78 bits per heavy atom. The number of furan rings is 1. The predicted molar refractivity (Wildman–Crippen MR) is 105 cm³/mol. The second-order valence-corrected chi connectivity index (χ2v) is 7.81. The fourth-order valence-electron chi connectivity index (χ4n) is 4.92. The second-order valence-electron chi connectivity index (χ2n) is 7.81. The van der Waals surface area contributed by atoms with Crippen LogP contribution >= 0.6 is 0 Å². The van der Waals surface area contributed by atoms with Crippen LogP contribution in [0.1, 0.15) is 41.8 Å². The zero-order valence-electron chi connectivity index (χ0n) is 15.3. The lowest BCUT2D eigenvalue weighted by molar-refractivity contribution is 0.0807. The molecule has 1 amide bonds. The van der Waals surface area contributed by atoms with Crippen LogP contribution in [0.25, 0.3) is 10.8 Å². The van der Waals surface area contributed by atoms with Crippen LogP contribution in [0.5, 0.6) is 0 Å². The zero-order chi connectivity index (χ0) is 18.2. The molecular weight excluding hydrogens is 336 g/mol. The molecule has 0 aliphatic carbocycles. The van der Waals surface area contributed by atoms with Gasteiger partial charge in [-0.3, -0.25) is 9.69 Å². The van der Waals surface area contributed by atoms with E-state index in [1.807, 2.05) is 42.5 Å². The molecule has 5 rings (SSSR count). The standard InChI is InChI=1S/C23H24N2O2/c26-23(22-9-3-6-16-5-1-2-8-21(16)22)24-17-13-18-10-11-19(14-17)25(18)15-20-7-4-12-27-20/h1-9,12,17-19H,10-11,13-15H2,(H,24,26)/t17?,18-,19+. The fourth-order valence-corrected chi connectivity index (χ4v) is 4.92. The van der Waals surface area contributed by atoms with Gasteiger partial charge in [0.25, 0.3) is 5.91 Å². The average Bonchev–Trinajstić information content (AvgIpc) is 3.28. The van der Waals surface area contributed by atoms with E-state index >= 15 is 0 Å². The number of benzene rings is 2. The molecule has 1 aromatic heterocycles. The van der Waals surface area contributed by atoms with Crippen LogP contribution in [0.4, 0.5) is 0 Å². The summed E-state index contributed by atoms with van der Waals surface area (Å²) in [5.74, 6) is 1.08. The molecule has 3 atom stereocenters. The van der Waals surface area contributed by atoms with Gasteiger partial charge in [-0.15, -0.1) is 0 Å². The van der Waals surface area contributed by atoms with E-state index in [1.54, 1.807) is 6.26 Å². The lowest BCUT2D eigenvalue weighted by atomic mass is 9.96. The Morgan fingerprint density at radius 3 is 2.56 bits per heavy atom. The number of amides is 1. The molecule has 0 saturated carbocycles. The lowest BCUT2D eigenvalue weighted by Gasteiger charge is -2.38. The molecule has 4 nitrogen and oxygen atoms in total. The number of nitrogens with one attached hydrogen (secondary N) is 1. The van der Waals surface area contributed by atoms with Crippen molar-refractivity contribution >= 4 is 16.7 Å². The maximum atomic E-state index is 13.0. The predicted octanol–water partition coefficient (Wildman–Crippen LogP) is 4.36. The molecular formula is C23H24N2O2. The molecule has 4 heteroatoms. The average molecular weight is 360 g/mol. The Hall–Kier alpha value is -2.59. The summed E-state index contributed by atoms with van der Waals surface area (Å²) < 4.78 is 5.54. The summed E-state index contributed by atoms with van der Waals surface area (Å²) in [5, 5.41) is 5.45. The smallest absolute Gasteiger partial charge is 0.252 e. The van der Waals surface area contributed by atoms with E-state index in [-0.39, 0.29) is 11.9 Å². The highest BCUT2D eigenvalue weighted by Gasteiger charge is 2.41. The number of carbonyl (C=O) groups excluding carboxylic acids is 1. The van der Waals surface area contributed by atoms with Crippen molar-refractivity contribution < 1.29 is 9.21 Å². The van der Waals surface area contributed by atoms with E-state index in [0.29, 0.717) is 12.1 Å². The van der Waals surface area contributed by atoms with Gasteiger partial charge in [-0.2, -0.15) is 0 Å². The number of fused-ring (bicyclic) bond motifs is 3. The first-order chi connectivity index (χ1) is 13.3. The summed E-state index contributed by atoms with van der Waals surface area (Å²) in [6.07, 6.45) is 6.22. The molecule has 2 saturated heterocycles. The Kier molecular flexibility index (Phi) is 4.21. The number of hydrogen-bond donors (Lipinski definition) is 1. The summed E-state index contributed by atoms with van der Waals surface area (Å²) >= 11 is 0. The summed E-state index contributed by atoms with van der Waals surface area (Å²) in [6.45, 7) is 0.881. The number of nitrogens with zero attached hydrogens (tertiary/aromatic N) is 1. The van der Waals surface area contributed by atoms with Crippen LogP contribution < -0.4 is 5.32 Å². The van der Waals surface area contributed by atoms with Crippen molar-refractivity contribution in [1.82, 2.24) is 10.2 Å². The van der Waals surface area contributed by atoms with Crippen LogP contribution in [0.2, 0.25) is 0 Å². The Labute approximate surface area is 159 Å². The van der Waals surface area contributed by atoms with Gasteiger partial charge in [0.15, 0.2) is 0 Å². The van der Waals surface area contributed by atoms with Gasteiger partial charge in [-0.1, -0.05) is 36.4 Å². The highest BCUT2D eigenvalue weighted by atomic mass is 16.3. The van der Waals surface area contributed by atoms with Crippen LogP contribution in [-0.2, 0) is 6.54 Å². The van der Waals surface area contributed by atoms with Gasteiger partial charge in [0.1, 0.15) is 5.76 Å². The van der Waals surface area contributed by atoms with Crippen molar-refractivity contribution in [2.24, 2.45) is 0 Å². The van der Waals surface area contributed by atoms with E-state index in [0.717, 1.165) is 41.5 Å². The third-order valence-electron chi connectivity index (χ3n) is 6.17. The third-order valence-corrected chi connectivity index (χ3v) is 6.17. The number of hydrogen-bond acceptors (Lipinski definition) is 3. The maximum Gasteiger partial charge on any atom is 0.252 e. The Morgan fingerprint density at radius 1 is 1.00 bits per heavy atom. The van der Waals surface area contributed by atoms with E-state index in [4.69, 9.17) is 4.42 Å². The SMILES string of the molecule is O=C(NC1C[C@H]2CC[C@@H](C1)N2Cc1ccco1)c1cccc2ccccc12. The summed E-state index contributed by atoms with van der Waals surface area (Å²) in [4.78, 5) is 15.5. The molecule has 138 valence electrons. The normalized spacial score (nSPS) is 25.0. The van der Waals surface area contributed by atoms with Crippen LogP contribution in [0.3, 0.4) is 0 Å². The molecule has 2 aromatic carbocycles. The number of carbonyl (C=O) groups is 1. The highest BCUT2D eigenvalue weighted by Crippen LogP contribution is 2.37. The van der Waals surface area contributed by atoms with Gasteiger partial charge in [-0.25, -0.2) is 0 Å². The van der Waals surface area contributed by atoms with Gasteiger partial charge in [-0.05, 0) is 54.7 Å². The van der Waals surface area contributed by atoms with Gasteiger partial charge in [0.05, 0.1) is 12.8 Å². The number of piperidine rings is 1. The van der Waals surface area contributed by atoms with Crippen molar-refractivity contribution in [1.29, 1.82) is 0 Å². The second kappa shape index (κ2) is 6.86. The minimum absolute atomic E-state index is 0.0516. The molecule has 3 heterocycles. The van der Waals surface area contributed by atoms with E-state index < -0.39 is 0 Å². The van der Waals surface area contributed by atoms with Crippen LogP contribution in [0.15, 0.2) is 65.3 Å². The largest absolute Gasteiger partial charge is 0.468 e. The molecule has 3 aromatic rings. The van der Waals surface area contributed by atoms with Gasteiger partial charge in [0.2, 0.25) is 0 Å². The first kappa shape index (κ1) is 16.6. The van der Waals surface area contributed by atoms with E-state index in [2.05, 4.69) is 22.3 Å². The van der Waals surface area contributed by atoms with Gasteiger partial charge in [0, 0.05) is 23.7 Å². The quantitative estimate of drug-likeness (QED) is 0.752. The molecule has 27 heavy (non-hydrogen) atoms. The molecule has 2 bridgehead atoms. The van der Waals surface area contributed by atoms with Crippen molar-refractivity contribution in [3.63, 3.8) is 0 Å². The molecule has 2 aliphatic heterocycles. The van der Waals surface area contributed by atoms with Crippen molar-refractivity contribution in [3.05, 3.63) is 72.2 Å². The molecule has 2 aliphatic rings. The minimum atomic E-state index is 0.0516. The lowest BCUT2D eigenvalue weighted by Crippen LogP contribution is -2.49. The third kappa shape index (κ3) is 3.15. The molecule has 1 N–H and O–H groups in total. The van der Waals surface area contributed by atoms with Crippen LogP contribution in [0, 0.1) is 0 Å². The molecule has 0 spiro atoms. The minimum Gasteiger partial charge on any atom is -0.468 e.